The van der Waals surface area contributed by atoms with Crippen LogP contribution in [0.3, 0.4) is 0 Å². The van der Waals surface area contributed by atoms with Crippen molar-refractivity contribution >= 4 is 17.4 Å². The lowest BCUT2D eigenvalue weighted by Gasteiger charge is -2.35. The maximum absolute atomic E-state index is 13.4. The van der Waals surface area contributed by atoms with Crippen LogP contribution in [0.2, 0.25) is 0 Å². The number of ether oxygens (including phenoxy) is 1. The standard InChI is InChI=1S/C28H34N2O4/c1-5-34-22-12-11-19(17-21(22)28(2,3)4)25(31)23-24(18-13-15-29-16-14-18)30(27(33)26(23)32)20-9-7-6-8-10-20/h11-17,20,24,31H,5-10H2,1-4H3/b25-23-. The minimum atomic E-state index is -0.629. The quantitative estimate of drug-likeness (QED) is 0.359. The van der Waals surface area contributed by atoms with Crippen molar-refractivity contribution in [3.05, 3.63) is 65.0 Å². The van der Waals surface area contributed by atoms with Gasteiger partial charge in [-0.15, -0.1) is 0 Å². The highest BCUT2D eigenvalue weighted by Gasteiger charge is 2.48. The number of aliphatic hydroxyl groups is 1. The first kappa shape index (κ1) is 24.0. The van der Waals surface area contributed by atoms with Crippen molar-refractivity contribution in [1.29, 1.82) is 0 Å². The van der Waals surface area contributed by atoms with Gasteiger partial charge in [0.1, 0.15) is 11.5 Å². The fourth-order valence-corrected chi connectivity index (χ4v) is 5.16. The number of Topliss-reactive ketones (excluding diaryl/α,β-unsaturated/α-hetero) is 1. The Bertz CT molecular complexity index is 1100. The number of hydrogen-bond donors (Lipinski definition) is 1. The van der Waals surface area contributed by atoms with E-state index in [1.54, 1.807) is 23.4 Å². The topological polar surface area (TPSA) is 79.7 Å². The number of pyridine rings is 1. The third-order valence-electron chi connectivity index (χ3n) is 6.83. The molecule has 1 aromatic carbocycles. The molecule has 1 unspecified atom stereocenters. The minimum Gasteiger partial charge on any atom is -0.507 e. The molecule has 1 aromatic heterocycles. The van der Waals surface area contributed by atoms with Crippen LogP contribution in [0.1, 0.15) is 82.5 Å². The third kappa shape index (κ3) is 4.46. The predicted molar refractivity (Wildman–Crippen MR) is 132 cm³/mol. The minimum absolute atomic E-state index is 0.0147. The van der Waals surface area contributed by atoms with Gasteiger partial charge in [0.2, 0.25) is 0 Å². The summed E-state index contributed by atoms with van der Waals surface area (Å²) in [6.45, 7) is 8.69. The van der Waals surface area contributed by atoms with E-state index in [-0.39, 0.29) is 22.8 Å². The largest absolute Gasteiger partial charge is 0.507 e. The summed E-state index contributed by atoms with van der Waals surface area (Å²) >= 11 is 0. The number of benzene rings is 1. The van der Waals surface area contributed by atoms with Crippen LogP contribution in [0.5, 0.6) is 5.75 Å². The lowest BCUT2D eigenvalue weighted by Crippen LogP contribution is -2.40. The number of rotatable bonds is 5. The Kier molecular flexibility index (Phi) is 6.78. The van der Waals surface area contributed by atoms with E-state index in [2.05, 4.69) is 25.8 Å². The number of likely N-dealkylation sites (tertiary alicyclic amines) is 1. The Labute approximate surface area is 201 Å². The van der Waals surface area contributed by atoms with E-state index in [0.717, 1.165) is 49.0 Å². The van der Waals surface area contributed by atoms with Gasteiger partial charge in [-0.05, 0) is 61.1 Å². The van der Waals surface area contributed by atoms with Gasteiger partial charge in [0.25, 0.3) is 11.7 Å². The molecule has 1 saturated heterocycles. The highest BCUT2D eigenvalue weighted by molar-refractivity contribution is 6.46. The van der Waals surface area contributed by atoms with E-state index in [9.17, 15) is 14.7 Å². The summed E-state index contributed by atoms with van der Waals surface area (Å²) < 4.78 is 5.81. The van der Waals surface area contributed by atoms with Crippen molar-refractivity contribution in [2.75, 3.05) is 6.61 Å². The molecule has 6 nitrogen and oxygen atoms in total. The number of nitrogens with zero attached hydrogens (tertiary/aromatic N) is 2. The van der Waals surface area contributed by atoms with E-state index in [1.165, 1.54) is 0 Å². The second-order valence-corrected chi connectivity index (χ2v) is 10.2. The van der Waals surface area contributed by atoms with E-state index in [0.29, 0.717) is 12.2 Å². The highest BCUT2D eigenvalue weighted by atomic mass is 16.5. The fourth-order valence-electron chi connectivity index (χ4n) is 5.16. The predicted octanol–water partition coefficient (Wildman–Crippen LogP) is 5.53. The molecular formula is C28H34N2O4. The summed E-state index contributed by atoms with van der Waals surface area (Å²) in [6, 6.07) is 8.45. The molecule has 2 heterocycles. The molecule has 0 bridgehead atoms. The summed E-state index contributed by atoms with van der Waals surface area (Å²) in [5.74, 6) is -0.555. The van der Waals surface area contributed by atoms with Crippen molar-refractivity contribution in [1.82, 2.24) is 9.88 Å². The molecule has 2 aliphatic rings. The SMILES string of the molecule is CCOc1ccc(/C(O)=C2/C(=O)C(=O)N(C3CCCCC3)C2c2ccncc2)cc1C(C)(C)C. The van der Waals surface area contributed by atoms with Crippen LogP contribution >= 0.6 is 0 Å². The Morgan fingerprint density at radius 2 is 1.76 bits per heavy atom. The molecule has 1 aliphatic carbocycles. The molecule has 1 amide bonds. The molecule has 1 aliphatic heterocycles. The molecular weight excluding hydrogens is 428 g/mol. The molecule has 0 spiro atoms. The first-order chi connectivity index (χ1) is 16.2. The molecule has 1 atom stereocenters. The first-order valence-corrected chi connectivity index (χ1v) is 12.2. The number of carbonyl (C=O) groups excluding carboxylic acids is 2. The second-order valence-electron chi connectivity index (χ2n) is 10.2. The zero-order valence-electron chi connectivity index (χ0n) is 20.5. The van der Waals surface area contributed by atoms with Crippen LogP contribution in [-0.4, -0.2) is 39.3 Å². The molecule has 1 saturated carbocycles. The zero-order chi connectivity index (χ0) is 24.5. The molecule has 0 radical (unpaired) electrons. The van der Waals surface area contributed by atoms with Gasteiger partial charge in [0.15, 0.2) is 0 Å². The fraction of sp³-hybridized carbons (Fsp3) is 0.464. The average molecular weight is 463 g/mol. The maximum atomic E-state index is 13.4. The smallest absolute Gasteiger partial charge is 0.295 e. The Balaban J connectivity index is 1.87. The van der Waals surface area contributed by atoms with Crippen LogP contribution in [0, 0.1) is 0 Å². The van der Waals surface area contributed by atoms with Crippen molar-refractivity contribution < 1.29 is 19.4 Å². The Morgan fingerprint density at radius 3 is 2.38 bits per heavy atom. The van der Waals surface area contributed by atoms with Crippen LogP contribution < -0.4 is 4.74 Å². The molecule has 1 N–H and O–H groups in total. The molecule has 2 fully saturated rings. The number of aliphatic hydroxyl groups excluding tert-OH is 1. The summed E-state index contributed by atoms with van der Waals surface area (Å²) in [6.07, 6.45) is 8.25. The van der Waals surface area contributed by atoms with Crippen molar-refractivity contribution in [2.45, 2.75) is 77.3 Å². The number of amides is 1. The molecule has 34 heavy (non-hydrogen) atoms. The van der Waals surface area contributed by atoms with Gasteiger partial charge in [-0.2, -0.15) is 0 Å². The van der Waals surface area contributed by atoms with Crippen molar-refractivity contribution in [3.8, 4) is 5.75 Å². The third-order valence-corrected chi connectivity index (χ3v) is 6.83. The number of ketones is 1. The van der Waals surface area contributed by atoms with Crippen LogP contribution in [0.25, 0.3) is 5.76 Å². The number of carbonyl (C=O) groups is 2. The highest BCUT2D eigenvalue weighted by Crippen LogP contribution is 2.43. The van der Waals surface area contributed by atoms with Gasteiger partial charge in [0, 0.05) is 29.6 Å². The van der Waals surface area contributed by atoms with Gasteiger partial charge in [-0.25, -0.2) is 0 Å². The normalized spacial score (nSPS) is 21.2. The van der Waals surface area contributed by atoms with Crippen LogP contribution in [0.15, 0.2) is 48.3 Å². The summed E-state index contributed by atoms with van der Waals surface area (Å²) in [5, 5.41) is 11.5. The van der Waals surface area contributed by atoms with Crippen LogP contribution in [-0.2, 0) is 15.0 Å². The number of aromatic nitrogens is 1. The van der Waals surface area contributed by atoms with Crippen molar-refractivity contribution in [2.24, 2.45) is 0 Å². The lowest BCUT2D eigenvalue weighted by atomic mass is 9.84. The Morgan fingerprint density at radius 1 is 1.09 bits per heavy atom. The number of hydrogen-bond acceptors (Lipinski definition) is 5. The zero-order valence-corrected chi connectivity index (χ0v) is 20.5. The molecule has 4 rings (SSSR count). The van der Waals surface area contributed by atoms with E-state index < -0.39 is 17.7 Å². The van der Waals surface area contributed by atoms with Crippen molar-refractivity contribution in [3.63, 3.8) is 0 Å². The second kappa shape index (κ2) is 9.61. The maximum Gasteiger partial charge on any atom is 0.295 e. The van der Waals surface area contributed by atoms with Gasteiger partial charge in [-0.3, -0.25) is 14.6 Å². The summed E-state index contributed by atoms with van der Waals surface area (Å²) in [4.78, 5) is 32.5. The monoisotopic (exact) mass is 462 g/mol. The summed E-state index contributed by atoms with van der Waals surface area (Å²) in [7, 11) is 0. The molecule has 6 heteroatoms. The van der Waals surface area contributed by atoms with Gasteiger partial charge in [0.05, 0.1) is 18.2 Å². The summed E-state index contributed by atoms with van der Waals surface area (Å²) in [5.41, 5.74) is 2.13. The Hall–Kier alpha value is -3.15. The van der Waals surface area contributed by atoms with Gasteiger partial charge >= 0.3 is 0 Å². The van der Waals surface area contributed by atoms with E-state index in [1.807, 2.05) is 31.2 Å². The average Bonchev–Trinajstić information content (AvgIpc) is 3.10. The van der Waals surface area contributed by atoms with E-state index >= 15 is 0 Å². The van der Waals surface area contributed by atoms with Gasteiger partial charge in [-0.1, -0.05) is 40.0 Å². The molecule has 180 valence electrons. The van der Waals surface area contributed by atoms with Crippen LogP contribution in [0.4, 0.5) is 0 Å². The lowest BCUT2D eigenvalue weighted by molar-refractivity contribution is -0.141. The van der Waals surface area contributed by atoms with E-state index in [4.69, 9.17) is 4.74 Å². The van der Waals surface area contributed by atoms with Gasteiger partial charge < -0.3 is 14.7 Å². The first-order valence-electron chi connectivity index (χ1n) is 12.2. The molecule has 2 aromatic rings.